The minimum atomic E-state index is -5.08. The number of hydrogen-bond acceptors (Lipinski definition) is 2. The molecule has 0 fully saturated rings. The summed E-state index contributed by atoms with van der Waals surface area (Å²) < 4.78 is 83.4. The predicted octanol–water partition coefficient (Wildman–Crippen LogP) is 3.84. The second-order valence-electron chi connectivity index (χ2n) is 4.84. The van der Waals surface area contributed by atoms with Gasteiger partial charge in [0.2, 0.25) is 0 Å². The largest absolute Gasteiger partial charge is 0.823 e. The van der Waals surface area contributed by atoms with Crippen LogP contribution >= 0.6 is 8.20 Å². The zero-order valence-corrected chi connectivity index (χ0v) is 13.5. The second-order valence-corrected chi connectivity index (χ2v) is 5.98. The van der Waals surface area contributed by atoms with Crippen LogP contribution in [0.1, 0.15) is 16.7 Å². The van der Waals surface area contributed by atoms with E-state index >= 15 is 0 Å². The standard InChI is InChI=1S/C16H11F6O2P/c1-24-9-5-7-10(8-6-9)25-14(23)13-11(15(17,18)19)3-2-4-12(13)16(20,21)22/h2-8,23H,1H3/p-1. The van der Waals surface area contributed by atoms with Gasteiger partial charge < -0.3 is 9.84 Å². The summed E-state index contributed by atoms with van der Waals surface area (Å²) >= 11 is 0. The van der Waals surface area contributed by atoms with Gasteiger partial charge in [0.25, 0.3) is 0 Å². The smallest absolute Gasteiger partial charge is 0.416 e. The third-order valence-corrected chi connectivity index (χ3v) is 4.18. The molecule has 0 atom stereocenters. The lowest BCUT2D eigenvalue weighted by Gasteiger charge is -2.23. The van der Waals surface area contributed by atoms with Crippen LogP contribution in [-0.4, -0.2) is 12.6 Å². The zero-order valence-electron chi connectivity index (χ0n) is 12.6. The van der Waals surface area contributed by atoms with Crippen LogP contribution in [0.5, 0.6) is 5.75 Å². The molecule has 2 rings (SSSR count). The molecule has 0 saturated carbocycles. The number of rotatable bonds is 3. The van der Waals surface area contributed by atoms with Crippen molar-refractivity contribution in [1.29, 1.82) is 0 Å². The summed E-state index contributed by atoms with van der Waals surface area (Å²) in [6, 6.07) is 7.25. The molecule has 0 heterocycles. The SMILES string of the molecule is COc1ccc(P=C([O-])c2c(C(F)(F)F)cccc2C(F)(F)F)cc1. The molecule has 0 aromatic heterocycles. The molecular weight excluding hydrogens is 369 g/mol. The van der Waals surface area contributed by atoms with Crippen LogP contribution in [0.25, 0.3) is 0 Å². The maximum atomic E-state index is 13.1. The molecule has 2 aromatic rings. The van der Waals surface area contributed by atoms with Crippen LogP contribution < -0.4 is 15.1 Å². The van der Waals surface area contributed by atoms with Gasteiger partial charge in [0, 0.05) is 5.30 Å². The van der Waals surface area contributed by atoms with E-state index in [-0.39, 0.29) is 13.5 Å². The van der Waals surface area contributed by atoms with E-state index in [1.807, 2.05) is 0 Å². The Hall–Kier alpha value is -2.05. The minimum Gasteiger partial charge on any atom is -0.823 e. The molecule has 0 aliphatic rings. The maximum absolute atomic E-state index is 13.1. The van der Waals surface area contributed by atoms with Gasteiger partial charge in [-0.3, -0.25) is 0 Å². The van der Waals surface area contributed by atoms with Crippen LogP contribution in [0.3, 0.4) is 0 Å². The highest BCUT2D eigenvalue weighted by Crippen LogP contribution is 2.39. The molecule has 0 radical (unpaired) electrons. The Morgan fingerprint density at radius 3 is 1.76 bits per heavy atom. The fourth-order valence-corrected chi connectivity index (χ4v) is 2.97. The van der Waals surface area contributed by atoms with E-state index in [1.54, 1.807) is 0 Å². The van der Waals surface area contributed by atoms with Crippen LogP contribution in [0, 0.1) is 0 Å². The average Bonchev–Trinajstić information content (AvgIpc) is 2.53. The van der Waals surface area contributed by atoms with Crippen LogP contribution in [0.2, 0.25) is 0 Å². The molecule has 0 bridgehead atoms. The lowest BCUT2D eigenvalue weighted by Crippen LogP contribution is -2.27. The van der Waals surface area contributed by atoms with Crippen LogP contribution in [-0.2, 0) is 12.4 Å². The molecular formula is C16H10F6O2P-. The Kier molecular flexibility index (Phi) is 5.44. The predicted molar refractivity (Wildman–Crippen MR) is 80.1 cm³/mol. The topological polar surface area (TPSA) is 32.3 Å². The average molecular weight is 379 g/mol. The molecule has 2 nitrogen and oxygen atoms in total. The third kappa shape index (κ3) is 4.52. The van der Waals surface area contributed by atoms with Crippen molar-refractivity contribution >= 4 is 19.0 Å². The lowest BCUT2D eigenvalue weighted by atomic mass is 10.0. The summed E-state index contributed by atoms with van der Waals surface area (Å²) in [7, 11) is 1.09. The highest BCUT2D eigenvalue weighted by atomic mass is 31.1. The molecule has 0 aliphatic carbocycles. The third-order valence-electron chi connectivity index (χ3n) is 3.19. The Labute approximate surface area is 140 Å². The van der Waals surface area contributed by atoms with Gasteiger partial charge in [-0.15, -0.1) is 5.48 Å². The van der Waals surface area contributed by atoms with E-state index in [1.165, 1.54) is 31.4 Å². The van der Waals surface area contributed by atoms with Gasteiger partial charge in [0.1, 0.15) is 5.75 Å². The molecule has 9 heteroatoms. The van der Waals surface area contributed by atoms with Crippen molar-refractivity contribution in [2.24, 2.45) is 0 Å². The first-order valence-corrected chi connectivity index (χ1v) is 7.61. The summed E-state index contributed by atoms with van der Waals surface area (Å²) in [5.74, 6) is 0.443. The number of benzene rings is 2. The molecule has 0 N–H and O–H groups in total. The van der Waals surface area contributed by atoms with Gasteiger partial charge >= 0.3 is 12.4 Å². The van der Waals surface area contributed by atoms with Crippen molar-refractivity contribution in [1.82, 2.24) is 0 Å². The van der Waals surface area contributed by atoms with Crippen molar-refractivity contribution in [3.63, 3.8) is 0 Å². The van der Waals surface area contributed by atoms with Gasteiger partial charge in [0.15, 0.2) is 0 Å². The highest BCUT2D eigenvalue weighted by molar-refractivity contribution is 7.49. The quantitative estimate of drug-likeness (QED) is 0.600. The van der Waals surface area contributed by atoms with Crippen LogP contribution in [0.4, 0.5) is 26.3 Å². The van der Waals surface area contributed by atoms with Crippen molar-refractivity contribution in [3.8, 4) is 5.75 Å². The Balaban J connectivity index is 2.63. The van der Waals surface area contributed by atoms with Gasteiger partial charge in [-0.2, -0.15) is 26.3 Å². The number of alkyl halides is 6. The fraction of sp³-hybridized carbons (Fsp3) is 0.188. The Morgan fingerprint density at radius 1 is 0.880 bits per heavy atom. The molecule has 2 aromatic carbocycles. The zero-order chi connectivity index (χ0) is 18.8. The van der Waals surface area contributed by atoms with E-state index in [0.717, 1.165) is 0 Å². The first kappa shape index (κ1) is 19.3. The second kappa shape index (κ2) is 7.06. The van der Waals surface area contributed by atoms with Gasteiger partial charge in [-0.25, -0.2) is 0 Å². The van der Waals surface area contributed by atoms with Crippen molar-refractivity contribution in [3.05, 3.63) is 59.2 Å². The molecule has 134 valence electrons. The summed E-state index contributed by atoms with van der Waals surface area (Å²) in [6.45, 7) is 0. The van der Waals surface area contributed by atoms with Crippen molar-refractivity contribution in [2.45, 2.75) is 12.4 Å². The number of halogens is 6. The van der Waals surface area contributed by atoms with Gasteiger partial charge in [0.05, 0.1) is 18.2 Å². The molecule has 0 unspecified atom stereocenters. The number of hydrogen-bond donors (Lipinski definition) is 0. The number of ether oxygens (including phenoxy) is 1. The summed E-state index contributed by atoms with van der Waals surface area (Å²) in [4.78, 5) is 0. The van der Waals surface area contributed by atoms with Crippen molar-refractivity contribution in [2.75, 3.05) is 7.11 Å². The Bertz CT molecular complexity index is 746. The molecule has 0 amide bonds. The lowest BCUT2D eigenvalue weighted by molar-refractivity contribution is -0.209. The van der Waals surface area contributed by atoms with Gasteiger partial charge in [-0.1, -0.05) is 14.3 Å². The Morgan fingerprint density at radius 2 is 1.36 bits per heavy atom. The molecule has 0 spiro atoms. The summed E-state index contributed by atoms with van der Waals surface area (Å²) in [5.41, 5.74) is -5.87. The van der Waals surface area contributed by atoms with Crippen molar-refractivity contribution < 1.29 is 36.2 Å². The van der Waals surface area contributed by atoms with E-state index in [4.69, 9.17) is 4.74 Å². The molecule has 0 saturated heterocycles. The molecule has 25 heavy (non-hydrogen) atoms. The van der Waals surface area contributed by atoms with E-state index < -0.39 is 34.5 Å². The highest BCUT2D eigenvalue weighted by Gasteiger charge is 2.40. The maximum Gasteiger partial charge on any atom is 0.416 e. The molecule has 0 aliphatic heterocycles. The first-order chi connectivity index (χ1) is 11.5. The summed E-state index contributed by atoms with van der Waals surface area (Å²) in [6.07, 6.45) is -10.2. The van der Waals surface area contributed by atoms with Crippen LogP contribution in [0.15, 0.2) is 42.5 Å². The monoisotopic (exact) mass is 379 g/mol. The van der Waals surface area contributed by atoms with E-state index in [0.29, 0.717) is 23.9 Å². The fourth-order valence-electron chi connectivity index (χ4n) is 2.09. The van der Waals surface area contributed by atoms with E-state index in [9.17, 15) is 31.4 Å². The minimum absolute atomic E-state index is 0.246. The number of methoxy groups -OCH3 is 1. The first-order valence-electron chi connectivity index (χ1n) is 6.71. The van der Waals surface area contributed by atoms with E-state index in [2.05, 4.69) is 0 Å². The summed E-state index contributed by atoms with van der Waals surface area (Å²) in [5, 5.41) is 12.5. The normalized spacial score (nSPS) is 13.0. The van der Waals surface area contributed by atoms with Gasteiger partial charge in [-0.05, 0) is 42.0 Å².